The van der Waals surface area contributed by atoms with Crippen LogP contribution in [0, 0.1) is 0 Å². The minimum absolute atomic E-state index is 0.481. The standard InChI is InChI=1S/C15H25NO3/c1-12(2)16-10-14(17)11-19-15-6-4-13(5-7-15)8-9-18-3/h4-7,12,14,16-17H,8-11H2,1-3H3/i1D3,2D3,3D3,8D2,9D2,10D2,11D2,14D. The lowest BCUT2D eigenvalue weighted by Crippen LogP contribution is -2.35. The number of aliphatic hydroxyl groups is 1. The van der Waals surface area contributed by atoms with E-state index in [1.807, 2.05) is 0 Å². The second-order valence-electron chi connectivity index (χ2n) is 3.11. The van der Waals surface area contributed by atoms with E-state index in [1.165, 1.54) is 5.32 Å². The molecule has 0 bridgehead atoms. The Morgan fingerprint density at radius 2 is 2.21 bits per heavy atom. The quantitative estimate of drug-likeness (QED) is 0.724. The van der Waals surface area contributed by atoms with Crippen LogP contribution >= 0.6 is 0 Å². The van der Waals surface area contributed by atoms with Crippen molar-refractivity contribution in [2.45, 2.75) is 32.2 Å². The van der Waals surface area contributed by atoms with Gasteiger partial charge in [-0.1, -0.05) is 25.8 Å². The Morgan fingerprint density at radius 1 is 1.42 bits per heavy atom. The van der Waals surface area contributed by atoms with Crippen molar-refractivity contribution >= 4 is 0 Å². The summed E-state index contributed by atoms with van der Waals surface area (Å²) in [5.41, 5.74) is -0.481. The fourth-order valence-electron chi connectivity index (χ4n) is 0.964. The fourth-order valence-corrected chi connectivity index (χ4v) is 0.964. The maximum atomic E-state index is 10.4. The van der Waals surface area contributed by atoms with Gasteiger partial charge in [0, 0.05) is 33.3 Å². The van der Waals surface area contributed by atoms with E-state index in [2.05, 4.69) is 4.74 Å². The normalized spacial score (nSPS) is 33.4. The summed E-state index contributed by atoms with van der Waals surface area (Å²) >= 11 is 0. The van der Waals surface area contributed by atoms with Crippen LogP contribution in [0.15, 0.2) is 24.3 Å². The molecule has 1 rings (SSSR count). The molecule has 0 heterocycles. The van der Waals surface area contributed by atoms with Crippen LogP contribution in [0.4, 0.5) is 0 Å². The summed E-state index contributed by atoms with van der Waals surface area (Å²) in [6, 6.07) is 0.769. The zero-order chi connectivity index (χ0) is 29.7. The number of hydrogen-bond donors (Lipinski definition) is 2. The Hall–Kier alpha value is -1.10. The summed E-state index contributed by atoms with van der Waals surface area (Å²) in [5.74, 6) is -0.550. The summed E-state index contributed by atoms with van der Waals surface area (Å²) in [5, 5.41) is 11.9. The predicted molar refractivity (Wildman–Crippen MR) is 76.7 cm³/mol. The van der Waals surface area contributed by atoms with Gasteiger partial charge in [0.25, 0.3) is 0 Å². The highest BCUT2D eigenvalue weighted by Gasteiger charge is 2.05. The van der Waals surface area contributed by atoms with Crippen molar-refractivity contribution in [2.75, 3.05) is 26.7 Å². The lowest BCUT2D eigenvalue weighted by Gasteiger charge is -2.15. The predicted octanol–water partition coefficient (Wildman–Crippen LogP) is 1.61. The monoisotopic (exact) mass is 285 g/mol. The molecule has 1 aromatic carbocycles. The van der Waals surface area contributed by atoms with Gasteiger partial charge in [0.05, 0.1) is 17.5 Å². The first-order valence-electron chi connectivity index (χ1n) is 14.0. The molecule has 4 nitrogen and oxygen atoms in total. The maximum absolute atomic E-state index is 10.4. The zero-order valence-corrected chi connectivity index (χ0v) is 9.65. The third-order valence-corrected chi connectivity index (χ3v) is 1.70. The lowest BCUT2D eigenvalue weighted by atomic mass is 10.1. The topological polar surface area (TPSA) is 50.7 Å². The molecule has 4 heteroatoms. The van der Waals surface area contributed by atoms with E-state index in [-0.39, 0.29) is 0 Å². The minimum atomic E-state index is -3.97. The Kier molecular flexibility index (Phi) is 1.86. The van der Waals surface area contributed by atoms with E-state index < -0.39 is 70.2 Å². The third kappa shape index (κ3) is 7.15. The second kappa shape index (κ2) is 8.91. The average molecular weight is 285 g/mol. The summed E-state index contributed by atoms with van der Waals surface area (Å²) in [7, 11) is -3.28. The molecule has 0 amide bonds. The van der Waals surface area contributed by atoms with Crippen molar-refractivity contribution in [3.63, 3.8) is 0 Å². The molecule has 1 atom stereocenters. The molecule has 0 radical (unpaired) electrons. The number of ether oxygens (including phenoxy) is 2. The van der Waals surface area contributed by atoms with Crippen molar-refractivity contribution < 1.29 is 39.3 Å². The number of rotatable bonds is 9. The van der Waals surface area contributed by atoms with Crippen molar-refractivity contribution in [3.05, 3.63) is 29.8 Å². The second-order valence-corrected chi connectivity index (χ2v) is 3.11. The van der Waals surface area contributed by atoms with Gasteiger partial charge in [-0.25, -0.2) is 0 Å². The van der Waals surface area contributed by atoms with Gasteiger partial charge >= 0.3 is 0 Å². The summed E-state index contributed by atoms with van der Waals surface area (Å²) in [6.07, 6.45) is -7.01. The molecule has 1 aromatic rings. The zero-order valence-electron chi connectivity index (χ0n) is 27.7. The highest BCUT2D eigenvalue weighted by atomic mass is 16.5. The molecule has 0 aliphatic heterocycles. The molecule has 0 saturated heterocycles. The van der Waals surface area contributed by atoms with Gasteiger partial charge in [0.15, 0.2) is 0 Å². The number of nitrogens with one attached hydrogen (secondary N) is 1. The van der Waals surface area contributed by atoms with E-state index in [0.717, 1.165) is 24.3 Å². The van der Waals surface area contributed by atoms with E-state index >= 15 is 0 Å². The van der Waals surface area contributed by atoms with Crippen LogP contribution in [0.1, 0.15) is 43.9 Å². The number of hydrogen-bond acceptors (Lipinski definition) is 4. The summed E-state index contributed by atoms with van der Waals surface area (Å²) < 4.78 is 144. The van der Waals surface area contributed by atoms with Gasteiger partial charge in [0.2, 0.25) is 0 Å². The van der Waals surface area contributed by atoms with Crippen LogP contribution < -0.4 is 10.1 Å². The van der Waals surface area contributed by atoms with Crippen LogP contribution in [0.5, 0.6) is 5.75 Å². The molecular formula is C15H25NO3. The Labute approximate surface area is 141 Å². The molecule has 0 aliphatic rings. The van der Waals surface area contributed by atoms with Gasteiger partial charge in [-0.05, 0) is 24.1 Å². The molecule has 108 valence electrons. The molecule has 0 spiro atoms. The average Bonchev–Trinajstić information content (AvgIpc) is 2.62. The van der Waals surface area contributed by atoms with Crippen LogP contribution in [0.2, 0.25) is 0 Å². The van der Waals surface area contributed by atoms with Gasteiger partial charge in [0.1, 0.15) is 18.4 Å². The van der Waals surface area contributed by atoms with Gasteiger partial charge in [-0.3, -0.25) is 0 Å². The molecular weight excluding hydrogens is 242 g/mol. The van der Waals surface area contributed by atoms with Crippen molar-refractivity contribution in [1.29, 1.82) is 0 Å². The highest BCUT2D eigenvalue weighted by molar-refractivity contribution is 5.27. The van der Waals surface area contributed by atoms with Gasteiger partial charge in [-0.15, -0.1) is 0 Å². The third-order valence-electron chi connectivity index (χ3n) is 1.70. The van der Waals surface area contributed by atoms with E-state index in [4.69, 9.17) is 29.4 Å². The maximum Gasteiger partial charge on any atom is 0.119 e. The molecule has 2 N–H and O–H groups in total. The smallest absolute Gasteiger partial charge is 0.119 e. The first-order valence-corrected chi connectivity index (χ1v) is 4.98. The molecule has 0 saturated carbocycles. The Morgan fingerprint density at radius 3 is 2.89 bits per heavy atom. The Bertz CT molecular complexity index is 904. The molecule has 0 aliphatic carbocycles. The van der Waals surface area contributed by atoms with Gasteiger partial charge in [-0.2, -0.15) is 0 Å². The lowest BCUT2D eigenvalue weighted by molar-refractivity contribution is 0.104. The van der Waals surface area contributed by atoms with Crippen LogP contribution in [-0.2, 0) is 11.1 Å². The van der Waals surface area contributed by atoms with Gasteiger partial charge < -0.3 is 19.9 Å². The van der Waals surface area contributed by atoms with Crippen molar-refractivity contribution in [1.82, 2.24) is 5.32 Å². The molecule has 0 fully saturated rings. The number of benzene rings is 1. The minimum Gasteiger partial charge on any atom is -0.491 e. The SMILES string of the molecule is [2H]C([2H])([2H])OC([2H])([2H])C([2H])([2H])c1ccc(OC([2H])([2H])C([2H])(O)C([2H])([2H])NC(C([2H])([2H])[2H])C([2H])([2H])[2H])cc1. The highest BCUT2D eigenvalue weighted by Crippen LogP contribution is 2.12. The largest absolute Gasteiger partial charge is 0.491 e. The van der Waals surface area contributed by atoms with Crippen LogP contribution in [0.3, 0.4) is 0 Å². The van der Waals surface area contributed by atoms with E-state index in [0.29, 0.717) is 0 Å². The molecule has 19 heavy (non-hydrogen) atoms. The van der Waals surface area contributed by atoms with E-state index in [1.54, 1.807) is 0 Å². The summed E-state index contributed by atoms with van der Waals surface area (Å²) in [4.78, 5) is 0. The summed E-state index contributed by atoms with van der Waals surface area (Å²) in [6.45, 7) is -17.4. The van der Waals surface area contributed by atoms with Crippen molar-refractivity contribution in [3.8, 4) is 5.75 Å². The number of aryl methyl sites for hydroxylation is 1. The van der Waals surface area contributed by atoms with Crippen molar-refractivity contribution in [2.24, 2.45) is 0 Å². The molecule has 0 aromatic heterocycles. The van der Waals surface area contributed by atoms with Crippen LogP contribution in [-0.4, -0.2) is 43.9 Å². The first-order chi connectivity index (χ1) is 16.0. The fraction of sp³-hybridized carbons (Fsp3) is 0.600. The number of methoxy groups -OCH3 is 1. The molecule has 1 unspecified atom stereocenters. The van der Waals surface area contributed by atoms with E-state index in [9.17, 15) is 5.11 Å². The Balaban J connectivity index is 3.25. The van der Waals surface area contributed by atoms with Crippen LogP contribution in [0.25, 0.3) is 0 Å². The first kappa shape index (κ1) is 3.97.